The lowest BCUT2D eigenvalue weighted by Gasteiger charge is -2.05. The van der Waals surface area contributed by atoms with Gasteiger partial charge in [0, 0.05) is 13.2 Å². The van der Waals surface area contributed by atoms with Crippen molar-refractivity contribution in [1.29, 1.82) is 0 Å². The Bertz CT molecular complexity index is 363. The molecule has 0 aliphatic heterocycles. The van der Waals surface area contributed by atoms with Crippen molar-refractivity contribution in [3.63, 3.8) is 0 Å². The Hall–Kier alpha value is -0.800. The maximum Gasteiger partial charge on any atom is 0.294 e. The highest BCUT2D eigenvalue weighted by Gasteiger charge is 2.05. The van der Waals surface area contributed by atoms with E-state index in [2.05, 4.69) is 29.4 Å². The van der Waals surface area contributed by atoms with Gasteiger partial charge in [-0.05, 0) is 0 Å². The summed E-state index contributed by atoms with van der Waals surface area (Å²) < 4.78 is 21.0. The molecule has 21 heavy (non-hydrogen) atoms. The Morgan fingerprint density at radius 3 is 2.33 bits per heavy atom. The van der Waals surface area contributed by atoms with E-state index < -0.39 is 0 Å². The topological polar surface area (TPSA) is 74.7 Å². The van der Waals surface area contributed by atoms with Gasteiger partial charge in [-0.15, -0.1) is 10.2 Å². The molecule has 8 heteroatoms. The molecular formula is C13H25N3O4S. The van der Waals surface area contributed by atoms with Crippen molar-refractivity contribution in [3.8, 4) is 5.19 Å². The Balaban J connectivity index is 1.97. The number of nitrogens with one attached hydrogen (secondary N) is 1. The van der Waals surface area contributed by atoms with Gasteiger partial charge < -0.3 is 24.3 Å². The first kappa shape index (κ1) is 18.2. The second-order valence-corrected chi connectivity index (χ2v) is 5.59. The monoisotopic (exact) mass is 319 g/mol. The standard InChI is InChI=1S/C13H25N3O4S/c1-11(2)14-10-12-15-16-13(21-12)20-9-8-19-7-6-18-5-4-17-3/h11,14H,4-10H2,1-3H3. The summed E-state index contributed by atoms with van der Waals surface area (Å²) in [6, 6.07) is 0.428. The van der Waals surface area contributed by atoms with E-state index in [1.165, 1.54) is 11.3 Å². The highest BCUT2D eigenvalue weighted by Crippen LogP contribution is 2.17. The summed E-state index contributed by atoms with van der Waals surface area (Å²) in [6.07, 6.45) is 0. The lowest BCUT2D eigenvalue weighted by atomic mass is 10.4. The van der Waals surface area contributed by atoms with Crippen molar-refractivity contribution < 1.29 is 18.9 Å². The van der Waals surface area contributed by atoms with E-state index in [4.69, 9.17) is 18.9 Å². The highest BCUT2D eigenvalue weighted by molar-refractivity contribution is 7.13. The maximum absolute atomic E-state index is 5.47. The number of rotatable bonds is 13. The molecule has 1 heterocycles. The quantitative estimate of drug-likeness (QED) is 0.546. The predicted octanol–water partition coefficient (Wildman–Crippen LogP) is 1.09. The van der Waals surface area contributed by atoms with Crippen LogP contribution in [0.2, 0.25) is 0 Å². The normalized spacial score (nSPS) is 11.2. The number of hydrogen-bond donors (Lipinski definition) is 1. The molecule has 0 amide bonds. The molecule has 1 N–H and O–H groups in total. The SMILES string of the molecule is COCCOCCOCCOc1nnc(CNC(C)C)s1. The molecule has 0 saturated heterocycles. The minimum atomic E-state index is 0.428. The lowest BCUT2D eigenvalue weighted by Crippen LogP contribution is -2.21. The van der Waals surface area contributed by atoms with Crippen LogP contribution in [0.1, 0.15) is 18.9 Å². The van der Waals surface area contributed by atoms with Gasteiger partial charge in [-0.3, -0.25) is 0 Å². The van der Waals surface area contributed by atoms with Crippen molar-refractivity contribution in [3.05, 3.63) is 5.01 Å². The third-order valence-electron chi connectivity index (χ3n) is 2.37. The molecule has 0 saturated carbocycles. The van der Waals surface area contributed by atoms with E-state index in [-0.39, 0.29) is 0 Å². The zero-order valence-corrected chi connectivity index (χ0v) is 13.8. The van der Waals surface area contributed by atoms with Gasteiger partial charge in [-0.1, -0.05) is 25.2 Å². The van der Waals surface area contributed by atoms with Gasteiger partial charge in [-0.2, -0.15) is 0 Å². The van der Waals surface area contributed by atoms with Gasteiger partial charge in [0.05, 0.1) is 39.6 Å². The number of nitrogens with zero attached hydrogens (tertiary/aromatic N) is 2. The van der Waals surface area contributed by atoms with Crippen molar-refractivity contribution in [2.75, 3.05) is 46.8 Å². The maximum atomic E-state index is 5.47. The second-order valence-electron chi connectivity index (χ2n) is 4.56. The fourth-order valence-corrected chi connectivity index (χ4v) is 1.97. The summed E-state index contributed by atoms with van der Waals surface area (Å²) in [4.78, 5) is 0. The molecule has 0 aliphatic carbocycles. The molecule has 0 radical (unpaired) electrons. The Morgan fingerprint density at radius 1 is 1.00 bits per heavy atom. The Kier molecular flexibility index (Phi) is 10.3. The van der Waals surface area contributed by atoms with Crippen molar-refractivity contribution in [2.24, 2.45) is 0 Å². The minimum Gasteiger partial charge on any atom is -0.466 e. The van der Waals surface area contributed by atoms with Gasteiger partial charge in [0.1, 0.15) is 11.6 Å². The first-order chi connectivity index (χ1) is 10.2. The van der Waals surface area contributed by atoms with Crippen molar-refractivity contribution in [1.82, 2.24) is 15.5 Å². The molecule has 0 bridgehead atoms. The van der Waals surface area contributed by atoms with Crippen LogP contribution in [-0.4, -0.2) is 63.0 Å². The predicted molar refractivity (Wildman–Crippen MR) is 80.9 cm³/mol. The summed E-state index contributed by atoms with van der Waals surface area (Å²) in [5, 5.41) is 12.8. The number of hydrogen-bond acceptors (Lipinski definition) is 8. The molecule has 1 aromatic heterocycles. The van der Waals surface area contributed by atoms with E-state index >= 15 is 0 Å². The summed E-state index contributed by atoms with van der Waals surface area (Å²) in [6.45, 7) is 8.18. The van der Waals surface area contributed by atoms with Crippen LogP contribution in [0.5, 0.6) is 5.19 Å². The largest absolute Gasteiger partial charge is 0.466 e. The number of aromatic nitrogens is 2. The molecule has 0 aliphatic rings. The molecule has 122 valence electrons. The van der Waals surface area contributed by atoms with Crippen LogP contribution in [0.15, 0.2) is 0 Å². The average Bonchev–Trinajstić information content (AvgIpc) is 2.91. The second kappa shape index (κ2) is 11.8. The van der Waals surface area contributed by atoms with Gasteiger partial charge in [0.15, 0.2) is 0 Å². The molecule has 1 rings (SSSR count). The smallest absolute Gasteiger partial charge is 0.294 e. The third kappa shape index (κ3) is 9.70. The first-order valence-electron chi connectivity index (χ1n) is 7.05. The summed E-state index contributed by atoms with van der Waals surface area (Å²) in [5.41, 5.74) is 0. The fourth-order valence-electron chi connectivity index (χ4n) is 1.31. The molecular weight excluding hydrogens is 294 g/mol. The van der Waals surface area contributed by atoms with Crippen LogP contribution in [-0.2, 0) is 20.8 Å². The van der Waals surface area contributed by atoms with Gasteiger partial charge in [-0.25, -0.2) is 0 Å². The molecule has 0 atom stereocenters. The molecule has 0 spiro atoms. The summed E-state index contributed by atoms with van der Waals surface area (Å²) in [7, 11) is 1.65. The van der Waals surface area contributed by atoms with Crippen LogP contribution < -0.4 is 10.1 Å². The van der Waals surface area contributed by atoms with Gasteiger partial charge in [0.25, 0.3) is 5.19 Å². The lowest BCUT2D eigenvalue weighted by molar-refractivity contribution is 0.0179. The van der Waals surface area contributed by atoms with Crippen molar-refractivity contribution >= 4 is 11.3 Å². The van der Waals surface area contributed by atoms with E-state index in [1.54, 1.807) is 7.11 Å². The van der Waals surface area contributed by atoms with Crippen LogP contribution in [0, 0.1) is 0 Å². The van der Waals surface area contributed by atoms with E-state index in [1.807, 2.05) is 0 Å². The molecule has 0 aromatic carbocycles. The third-order valence-corrected chi connectivity index (χ3v) is 3.20. The van der Waals surface area contributed by atoms with E-state index in [0.29, 0.717) is 57.4 Å². The summed E-state index contributed by atoms with van der Waals surface area (Å²) in [5.74, 6) is 0. The van der Waals surface area contributed by atoms with Crippen molar-refractivity contribution in [2.45, 2.75) is 26.4 Å². The van der Waals surface area contributed by atoms with E-state index in [0.717, 1.165) is 5.01 Å². The van der Waals surface area contributed by atoms with Crippen LogP contribution in [0.25, 0.3) is 0 Å². The van der Waals surface area contributed by atoms with E-state index in [9.17, 15) is 0 Å². The number of methoxy groups -OCH3 is 1. The zero-order chi connectivity index (χ0) is 15.3. The van der Waals surface area contributed by atoms with Crippen LogP contribution in [0.4, 0.5) is 0 Å². The van der Waals surface area contributed by atoms with Gasteiger partial charge >= 0.3 is 0 Å². The Labute approximate surface area is 129 Å². The average molecular weight is 319 g/mol. The first-order valence-corrected chi connectivity index (χ1v) is 7.87. The number of ether oxygens (including phenoxy) is 4. The summed E-state index contributed by atoms with van der Waals surface area (Å²) >= 11 is 1.45. The molecule has 7 nitrogen and oxygen atoms in total. The highest BCUT2D eigenvalue weighted by atomic mass is 32.1. The fraction of sp³-hybridized carbons (Fsp3) is 0.846. The minimum absolute atomic E-state index is 0.428. The van der Waals surface area contributed by atoms with Crippen LogP contribution in [0.3, 0.4) is 0 Å². The molecule has 0 unspecified atom stereocenters. The van der Waals surface area contributed by atoms with Gasteiger partial charge in [0.2, 0.25) is 0 Å². The Morgan fingerprint density at radius 2 is 1.67 bits per heavy atom. The zero-order valence-electron chi connectivity index (χ0n) is 13.0. The molecule has 1 aromatic rings. The van der Waals surface area contributed by atoms with Crippen LogP contribution >= 0.6 is 11.3 Å². The molecule has 0 fully saturated rings.